The van der Waals surface area contributed by atoms with Gasteiger partial charge in [-0.1, -0.05) is 6.07 Å². The minimum atomic E-state index is 0.781. The molecule has 0 saturated heterocycles. The van der Waals surface area contributed by atoms with Crippen LogP contribution >= 0.6 is 0 Å². The Labute approximate surface area is 119 Å². The molecule has 2 aromatic rings. The van der Waals surface area contributed by atoms with Gasteiger partial charge in [0.25, 0.3) is 0 Å². The first-order chi connectivity index (χ1) is 9.80. The zero-order valence-electron chi connectivity index (χ0n) is 12.0. The zero-order chi connectivity index (χ0) is 13.9. The van der Waals surface area contributed by atoms with Crippen molar-refractivity contribution in [1.82, 2.24) is 9.47 Å². The fourth-order valence-corrected chi connectivity index (χ4v) is 2.74. The van der Waals surface area contributed by atoms with Crippen LogP contribution in [0.15, 0.2) is 36.5 Å². The Morgan fingerprint density at radius 3 is 2.70 bits per heavy atom. The average molecular weight is 272 g/mol. The van der Waals surface area contributed by atoms with E-state index in [2.05, 4.69) is 39.9 Å². The van der Waals surface area contributed by atoms with E-state index < -0.39 is 0 Å². The molecule has 20 heavy (non-hydrogen) atoms. The molecule has 3 rings (SSSR count). The molecular weight excluding hydrogens is 252 g/mol. The van der Waals surface area contributed by atoms with Gasteiger partial charge in [-0.05, 0) is 29.8 Å². The molecule has 0 spiro atoms. The van der Waals surface area contributed by atoms with Crippen molar-refractivity contribution < 1.29 is 9.47 Å². The molecule has 0 bridgehead atoms. The topological polar surface area (TPSA) is 26.6 Å². The highest BCUT2D eigenvalue weighted by Gasteiger charge is 2.16. The summed E-state index contributed by atoms with van der Waals surface area (Å²) in [5, 5.41) is 0. The first-order valence-electron chi connectivity index (χ1n) is 6.87. The first kappa shape index (κ1) is 13.1. The SMILES string of the molecule is COc1ccc(CN2CCn3cccc3C2)cc1OC. The summed E-state index contributed by atoms with van der Waals surface area (Å²) in [6.45, 7) is 4.08. The van der Waals surface area contributed by atoms with Crippen LogP contribution in [0.25, 0.3) is 0 Å². The van der Waals surface area contributed by atoms with E-state index in [0.29, 0.717) is 0 Å². The number of rotatable bonds is 4. The summed E-state index contributed by atoms with van der Waals surface area (Å²) in [5.74, 6) is 1.58. The molecular formula is C16H20N2O2. The summed E-state index contributed by atoms with van der Waals surface area (Å²) in [5.41, 5.74) is 2.64. The van der Waals surface area contributed by atoms with Crippen LogP contribution in [0.4, 0.5) is 0 Å². The molecule has 0 radical (unpaired) electrons. The van der Waals surface area contributed by atoms with E-state index in [4.69, 9.17) is 9.47 Å². The molecule has 0 aliphatic carbocycles. The van der Waals surface area contributed by atoms with Crippen LogP contribution in [0.3, 0.4) is 0 Å². The molecule has 0 fully saturated rings. The quantitative estimate of drug-likeness (QED) is 0.855. The predicted octanol–water partition coefficient (Wildman–Crippen LogP) is 2.52. The van der Waals surface area contributed by atoms with E-state index in [1.807, 2.05) is 6.07 Å². The second-order valence-corrected chi connectivity index (χ2v) is 5.09. The summed E-state index contributed by atoms with van der Waals surface area (Å²) in [4.78, 5) is 2.45. The highest BCUT2D eigenvalue weighted by Crippen LogP contribution is 2.28. The monoisotopic (exact) mass is 272 g/mol. The molecule has 0 saturated carbocycles. The van der Waals surface area contributed by atoms with E-state index in [9.17, 15) is 0 Å². The lowest BCUT2D eigenvalue weighted by Gasteiger charge is -2.28. The van der Waals surface area contributed by atoms with Crippen LogP contribution in [0.2, 0.25) is 0 Å². The van der Waals surface area contributed by atoms with Crippen molar-refractivity contribution in [3.8, 4) is 11.5 Å². The lowest BCUT2D eigenvalue weighted by molar-refractivity contribution is 0.212. The number of fused-ring (bicyclic) bond motifs is 1. The predicted molar refractivity (Wildman–Crippen MR) is 78.1 cm³/mol. The van der Waals surface area contributed by atoms with E-state index in [-0.39, 0.29) is 0 Å². The first-order valence-corrected chi connectivity index (χ1v) is 6.87. The highest BCUT2D eigenvalue weighted by atomic mass is 16.5. The molecule has 0 amide bonds. The van der Waals surface area contributed by atoms with Gasteiger partial charge in [-0.2, -0.15) is 0 Å². The largest absolute Gasteiger partial charge is 0.493 e. The minimum Gasteiger partial charge on any atom is -0.493 e. The van der Waals surface area contributed by atoms with Gasteiger partial charge < -0.3 is 14.0 Å². The highest BCUT2D eigenvalue weighted by molar-refractivity contribution is 5.42. The van der Waals surface area contributed by atoms with Gasteiger partial charge in [-0.3, -0.25) is 4.90 Å². The maximum Gasteiger partial charge on any atom is 0.161 e. The second-order valence-electron chi connectivity index (χ2n) is 5.09. The normalized spacial score (nSPS) is 14.9. The van der Waals surface area contributed by atoms with Crippen molar-refractivity contribution in [3.05, 3.63) is 47.8 Å². The lowest BCUT2D eigenvalue weighted by atomic mass is 10.1. The molecule has 1 aliphatic heterocycles. The van der Waals surface area contributed by atoms with Crippen molar-refractivity contribution in [2.45, 2.75) is 19.6 Å². The number of methoxy groups -OCH3 is 2. The molecule has 1 aliphatic rings. The standard InChI is InChI=1S/C16H20N2O2/c1-19-15-6-5-13(10-16(15)20-2)11-17-8-9-18-7-3-4-14(18)12-17/h3-7,10H,8-9,11-12H2,1-2H3. The van der Waals surface area contributed by atoms with Gasteiger partial charge >= 0.3 is 0 Å². The Hall–Kier alpha value is -1.94. The number of nitrogens with zero attached hydrogens (tertiary/aromatic N) is 2. The van der Waals surface area contributed by atoms with Gasteiger partial charge in [-0.15, -0.1) is 0 Å². The molecule has 1 aromatic heterocycles. The molecule has 2 heterocycles. The van der Waals surface area contributed by atoms with E-state index in [1.54, 1.807) is 14.2 Å². The Bertz CT molecular complexity index is 592. The number of hydrogen-bond donors (Lipinski definition) is 0. The molecule has 106 valence electrons. The van der Waals surface area contributed by atoms with Gasteiger partial charge in [0.2, 0.25) is 0 Å². The van der Waals surface area contributed by atoms with Crippen molar-refractivity contribution in [2.75, 3.05) is 20.8 Å². The number of ether oxygens (including phenoxy) is 2. The van der Waals surface area contributed by atoms with Crippen LogP contribution < -0.4 is 9.47 Å². The summed E-state index contributed by atoms with van der Waals surface area (Å²) < 4.78 is 13.0. The molecule has 0 N–H and O–H groups in total. The Morgan fingerprint density at radius 1 is 1.05 bits per heavy atom. The Balaban J connectivity index is 1.72. The van der Waals surface area contributed by atoms with Crippen molar-refractivity contribution >= 4 is 0 Å². The second kappa shape index (κ2) is 5.59. The van der Waals surface area contributed by atoms with Gasteiger partial charge in [0, 0.05) is 38.1 Å². The minimum absolute atomic E-state index is 0.781. The van der Waals surface area contributed by atoms with Gasteiger partial charge in [0.1, 0.15) is 0 Å². The van der Waals surface area contributed by atoms with Crippen LogP contribution in [-0.4, -0.2) is 30.2 Å². The van der Waals surface area contributed by atoms with Crippen molar-refractivity contribution in [1.29, 1.82) is 0 Å². The number of hydrogen-bond acceptors (Lipinski definition) is 3. The van der Waals surface area contributed by atoms with Gasteiger partial charge in [0.15, 0.2) is 11.5 Å². The molecule has 0 unspecified atom stereocenters. The number of benzene rings is 1. The van der Waals surface area contributed by atoms with E-state index >= 15 is 0 Å². The average Bonchev–Trinajstić information content (AvgIpc) is 2.94. The maximum atomic E-state index is 5.36. The van der Waals surface area contributed by atoms with Gasteiger partial charge in [0.05, 0.1) is 14.2 Å². The molecule has 4 heteroatoms. The van der Waals surface area contributed by atoms with E-state index in [0.717, 1.165) is 37.7 Å². The summed E-state index contributed by atoms with van der Waals surface area (Å²) in [6.07, 6.45) is 2.16. The Kier molecular flexibility index (Phi) is 3.65. The number of aromatic nitrogens is 1. The van der Waals surface area contributed by atoms with Crippen LogP contribution in [0.5, 0.6) is 11.5 Å². The summed E-state index contributed by atoms with van der Waals surface area (Å²) in [7, 11) is 3.34. The zero-order valence-corrected chi connectivity index (χ0v) is 12.0. The molecule has 1 aromatic carbocycles. The van der Waals surface area contributed by atoms with Crippen molar-refractivity contribution in [2.24, 2.45) is 0 Å². The van der Waals surface area contributed by atoms with Crippen LogP contribution in [0, 0.1) is 0 Å². The van der Waals surface area contributed by atoms with Crippen LogP contribution in [0.1, 0.15) is 11.3 Å². The summed E-state index contributed by atoms with van der Waals surface area (Å²) in [6, 6.07) is 10.5. The maximum absolute atomic E-state index is 5.36. The fourth-order valence-electron chi connectivity index (χ4n) is 2.74. The fraction of sp³-hybridized carbons (Fsp3) is 0.375. The lowest BCUT2D eigenvalue weighted by Crippen LogP contribution is -2.32. The van der Waals surface area contributed by atoms with Crippen molar-refractivity contribution in [3.63, 3.8) is 0 Å². The molecule has 0 atom stereocenters. The summed E-state index contributed by atoms with van der Waals surface area (Å²) >= 11 is 0. The third-order valence-electron chi connectivity index (χ3n) is 3.82. The third-order valence-corrected chi connectivity index (χ3v) is 3.82. The smallest absolute Gasteiger partial charge is 0.161 e. The molecule has 4 nitrogen and oxygen atoms in total. The van der Waals surface area contributed by atoms with E-state index in [1.165, 1.54) is 11.3 Å². The van der Waals surface area contributed by atoms with Crippen LogP contribution in [-0.2, 0) is 19.6 Å². The van der Waals surface area contributed by atoms with Gasteiger partial charge in [-0.25, -0.2) is 0 Å². The Morgan fingerprint density at radius 2 is 1.90 bits per heavy atom. The third kappa shape index (κ3) is 2.51.